The summed E-state index contributed by atoms with van der Waals surface area (Å²) >= 11 is 3.07. The molecule has 2 heterocycles. The number of carbonyl (C=O) groups excluding carboxylic acids is 3. The Kier molecular flexibility index (Phi) is 3.01. The third-order valence-corrected chi connectivity index (χ3v) is 2.91. The van der Waals surface area contributed by atoms with E-state index >= 15 is 0 Å². The van der Waals surface area contributed by atoms with Gasteiger partial charge in [0.15, 0.2) is 10.4 Å². The van der Waals surface area contributed by atoms with E-state index in [0.29, 0.717) is 4.67 Å². The SMILES string of the molecule is CN1C(=O)CC(NC(=O)c2ccc(Br)o2)C1=O. The van der Waals surface area contributed by atoms with E-state index in [0.717, 1.165) is 4.90 Å². The van der Waals surface area contributed by atoms with Crippen molar-refractivity contribution in [1.82, 2.24) is 10.2 Å². The number of likely N-dealkylation sites (tertiary alicyclic amines) is 1. The lowest BCUT2D eigenvalue weighted by atomic mass is 10.2. The number of furan rings is 1. The second-order valence-corrected chi connectivity index (χ2v) is 4.41. The van der Waals surface area contributed by atoms with Gasteiger partial charge in [0.2, 0.25) is 5.91 Å². The lowest BCUT2D eigenvalue weighted by molar-refractivity contribution is -0.137. The van der Waals surface area contributed by atoms with E-state index in [1.807, 2.05) is 0 Å². The van der Waals surface area contributed by atoms with Gasteiger partial charge in [0.25, 0.3) is 11.8 Å². The number of halogens is 1. The van der Waals surface area contributed by atoms with Crippen LogP contribution < -0.4 is 5.32 Å². The number of nitrogens with zero attached hydrogens (tertiary/aromatic N) is 1. The van der Waals surface area contributed by atoms with Crippen molar-refractivity contribution in [2.24, 2.45) is 0 Å². The fourth-order valence-corrected chi connectivity index (χ4v) is 1.84. The number of nitrogens with one attached hydrogen (secondary N) is 1. The molecule has 0 saturated carbocycles. The summed E-state index contributed by atoms with van der Waals surface area (Å²) in [5.41, 5.74) is 0. The Balaban J connectivity index is 2.05. The fraction of sp³-hybridized carbons (Fsp3) is 0.300. The molecular weight excluding hydrogens is 292 g/mol. The maximum atomic E-state index is 11.7. The molecule has 2 rings (SSSR count). The van der Waals surface area contributed by atoms with Crippen LogP contribution in [0.15, 0.2) is 21.2 Å². The first-order chi connectivity index (χ1) is 7.99. The zero-order valence-corrected chi connectivity index (χ0v) is 10.5. The largest absolute Gasteiger partial charge is 0.444 e. The van der Waals surface area contributed by atoms with Gasteiger partial charge in [0, 0.05) is 7.05 Å². The van der Waals surface area contributed by atoms with Crippen LogP contribution in [0.25, 0.3) is 0 Å². The predicted molar refractivity (Wildman–Crippen MR) is 60.1 cm³/mol. The summed E-state index contributed by atoms with van der Waals surface area (Å²) in [6.07, 6.45) is -0.0110. The molecule has 6 nitrogen and oxygen atoms in total. The van der Waals surface area contributed by atoms with Crippen molar-refractivity contribution in [3.05, 3.63) is 22.6 Å². The average molecular weight is 301 g/mol. The summed E-state index contributed by atoms with van der Waals surface area (Å²) in [7, 11) is 1.39. The highest BCUT2D eigenvalue weighted by atomic mass is 79.9. The van der Waals surface area contributed by atoms with E-state index in [-0.39, 0.29) is 18.1 Å². The standard InChI is InChI=1S/C10H9BrN2O4/c1-13-8(14)4-5(10(13)16)12-9(15)6-2-3-7(11)17-6/h2-3,5H,4H2,1H3,(H,12,15). The molecule has 1 unspecified atom stereocenters. The Morgan fingerprint density at radius 3 is 2.71 bits per heavy atom. The van der Waals surface area contributed by atoms with E-state index in [2.05, 4.69) is 21.2 Å². The number of carbonyl (C=O) groups is 3. The van der Waals surface area contributed by atoms with Gasteiger partial charge >= 0.3 is 0 Å². The maximum Gasteiger partial charge on any atom is 0.287 e. The third kappa shape index (κ3) is 2.23. The highest BCUT2D eigenvalue weighted by Crippen LogP contribution is 2.15. The molecule has 7 heteroatoms. The minimum Gasteiger partial charge on any atom is -0.444 e. The van der Waals surface area contributed by atoms with E-state index in [4.69, 9.17) is 4.42 Å². The lowest BCUT2D eigenvalue weighted by Gasteiger charge is -2.09. The second kappa shape index (κ2) is 4.33. The Morgan fingerprint density at radius 1 is 1.53 bits per heavy atom. The molecule has 0 bridgehead atoms. The first-order valence-electron chi connectivity index (χ1n) is 4.85. The highest BCUT2D eigenvalue weighted by Gasteiger charge is 2.37. The van der Waals surface area contributed by atoms with Crippen molar-refractivity contribution in [2.75, 3.05) is 7.05 Å². The van der Waals surface area contributed by atoms with Crippen molar-refractivity contribution in [3.8, 4) is 0 Å². The molecule has 1 aliphatic heterocycles. The number of hydrogen-bond acceptors (Lipinski definition) is 4. The zero-order chi connectivity index (χ0) is 12.6. The summed E-state index contributed by atoms with van der Waals surface area (Å²) < 4.78 is 5.46. The highest BCUT2D eigenvalue weighted by molar-refractivity contribution is 9.10. The number of likely N-dealkylation sites (N-methyl/N-ethyl adjacent to an activating group) is 1. The second-order valence-electron chi connectivity index (χ2n) is 3.62. The smallest absolute Gasteiger partial charge is 0.287 e. The van der Waals surface area contributed by atoms with Gasteiger partial charge in [-0.3, -0.25) is 19.3 Å². The summed E-state index contributed by atoms with van der Waals surface area (Å²) in [4.78, 5) is 35.4. The van der Waals surface area contributed by atoms with E-state index in [1.54, 1.807) is 6.07 Å². The van der Waals surface area contributed by atoms with Gasteiger partial charge in [-0.05, 0) is 28.1 Å². The Hall–Kier alpha value is -1.63. The zero-order valence-electron chi connectivity index (χ0n) is 8.90. The van der Waals surface area contributed by atoms with Crippen LogP contribution in [0.3, 0.4) is 0 Å². The van der Waals surface area contributed by atoms with E-state index in [1.165, 1.54) is 13.1 Å². The molecule has 1 fully saturated rings. The van der Waals surface area contributed by atoms with E-state index < -0.39 is 17.9 Å². The number of imide groups is 1. The van der Waals surface area contributed by atoms with Gasteiger partial charge < -0.3 is 9.73 Å². The van der Waals surface area contributed by atoms with Crippen molar-refractivity contribution < 1.29 is 18.8 Å². The molecule has 0 radical (unpaired) electrons. The molecule has 90 valence electrons. The van der Waals surface area contributed by atoms with Crippen molar-refractivity contribution in [3.63, 3.8) is 0 Å². The van der Waals surface area contributed by atoms with Gasteiger partial charge in [-0.15, -0.1) is 0 Å². The number of rotatable bonds is 2. The van der Waals surface area contributed by atoms with Crippen LogP contribution in [0.5, 0.6) is 0 Å². The van der Waals surface area contributed by atoms with Gasteiger partial charge in [-0.2, -0.15) is 0 Å². The predicted octanol–water partition coefficient (Wildman–Crippen LogP) is 0.529. The molecular formula is C10H9BrN2O4. The monoisotopic (exact) mass is 300 g/mol. The molecule has 0 aliphatic carbocycles. The molecule has 1 aliphatic rings. The maximum absolute atomic E-state index is 11.7. The van der Waals surface area contributed by atoms with Gasteiger partial charge in [-0.1, -0.05) is 0 Å². The molecule has 0 aromatic carbocycles. The Labute approximate surface area is 105 Å². The topological polar surface area (TPSA) is 79.6 Å². The minimum atomic E-state index is -0.802. The molecule has 1 aromatic heterocycles. The van der Waals surface area contributed by atoms with Crippen LogP contribution in [-0.4, -0.2) is 35.7 Å². The third-order valence-electron chi connectivity index (χ3n) is 2.48. The molecule has 1 saturated heterocycles. The van der Waals surface area contributed by atoms with E-state index in [9.17, 15) is 14.4 Å². The molecule has 1 aromatic rings. The van der Waals surface area contributed by atoms with Crippen LogP contribution in [-0.2, 0) is 9.59 Å². The molecule has 17 heavy (non-hydrogen) atoms. The average Bonchev–Trinajstić information content (AvgIpc) is 2.80. The van der Waals surface area contributed by atoms with Crippen LogP contribution >= 0.6 is 15.9 Å². The number of hydrogen-bond donors (Lipinski definition) is 1. The fourth-order valence-electron chi connectivity index (χ4n) is 1.53. The van der Waals surface area contributed by atoms with Gasteiger partial charge in [-0.25, -0.2) is 0 Å². The quantitative estimate of drug-likeness (QED) is 0.808. The first-order valence-corrected chi connectivity index (χ1v) is 5.65. The van der Waals surface area contributed by atoms with Crippen molar-refractivity contribution in [1.29, 1.82) is 0 Å². The Morgan fingerprint density at radius 2 is 2.24 bits per heavy atom. The molecule has 1 atom stereocenters. The van der Waals surface area contributed by atoms with Crippen molar-refractivity contribution in [2.45, 2.75) is 12.5 Å². The van der Waals surface area contributed by atoms with Crippen LogP contribution in [0.2, 0.25) is 0 Å². The van der Waals surface area contributed by atoms with Crippen molar-refractivity contribution >= 4 is 33.7 Å². The summed E-state index contributed by atoms with van der Waals surface area (Å²) in [5, 5.41) is 2.45. The molecule has 1 N–H and O–H groups in total. The summed E-state index contributed by atoms with van der Waals surface area (Å²) in [6.45, 7) is 0. The summed E-state index contributed by atoms with van der Waals surface area (Å²) in [5.74, 6) is -1.14. The Bertz CT molecular complexity index is 496. The molecule has 0 spiro atoms. The summed E-state index contributed by atoms with van der Waals surface area (Å²) in [6, 6.07) is 2.25. The minimum absolute atomic E-state index is 0.0110. The van der Waals surface area contributed by atoms with Gasteiger partial charge in [0.05, 0.1) is 6.42 Å². The van der Waals surface area contributed by atoms with Crippen LogP contribution in [0.4, 0.5) is 0 Å². The van der Waals surface area contributed by atoms with Crippen LogP contribution in [0.1, 0.15) is 17.0 Å². The normalized spacial score (nSPS) is 19.9. The first kappa shape index (κ1) is 11.8. The van der Waals surface area contributed by atoms with Crippen LogP contribution in [0, 0.1) is 0 Å². The molecule has 3 amide bonds. The lowest BCUT2D eigenvalue weighted by Crippen LogP contribution is -2.40. The number of amides is 3. The van der Waals surface area contributed by atoms with Gasteiger partial charge in [0.1, 0.15) is 6.04 Å².